The van der Waals surface area contributed by atoms with Crippen LogP contribution in [0.3, 0.4) is 0 Å². The van der Waals surface area contributed by atoms with Gasteiger partial charge in [0, 0.05) is 28.2 Å². The fraction of sp³-hybridized carbons (Fsp3) is 0. The maximum Gasteiger partial charge on any atom is 0.265 e. The molecule has 144 valence electrons. The molecule has 0 fully saturated rings. The average Bonchev–Trinajstić information content (AvgIpc) is 3.39. The van der Waals surface area contributed by atoms with E-state index in [1.807, 2.05) is 30.3 Å². The highest BCUT2D eigenvalue weighted by Gasteiger charge is 2.16. The molecule has 3 heterocycles. The van der Waals surface area contributed by atoms with Gasteiger partial charge in [-0.3, -0.25) is 14.9 Å². The minimum atomic E-state index is -0.542. The number of pyridine rings is 1. The number of nitrogens with one attached hydrogen (secondary N) is 2. The molecule has 0 saturated carbocycles. The second kappa shape index (κ2) is 8.29. The summed E-state index contributed by atoms with van der Waals surface area (Å²) in [6.07, 6.45) is 3.31. The predicted molar refractivity (Wildman–Crippen MR) is 113 cm³/mol. The van der Waals surface area contributed by atoms with E-state index in [0.29, 0.717) is 27.1 Å². The van der Waals surface area contributed by atoms with Crippen molar-refractivity contribution < 1.29 is 9.59 Å². The number of aromatic nitrogens is 3. The standard InChI is InChI=1S/C20H15N5O2S2/c21-17(26)15-9-12(10-23-15)16-11-28-20(24-16)25-18(27)14-7-4-8-22-19(14)29-13-5-2-1-3-6-13/h1-11,23H,(H2,21,26)(H,24,25,27). The van der Waals surface area contributed by atoms with Gasteiger partial charge in [-0.15, -0.1) is 11.3 Å². The van der Waals surface area contributed by atoms with E-state index in [1.165, 1.54) is 23.1 Å². The van der Waals surface area contributed by atoms with E-state index in [1.54, 1.807) is 36.0 Å². The molecule has 0 unspecified atom stereocenters. The van der Waals surface area contributed by atoms with Gasteiger partial charge >= 0.3 is 0 Å². The summed E-state index contributed by atoms with van der Waals surface area (Å²) in [5, 5.41) is 5.68. The van der Waals surface area contributed by atoms with Gasteiger partial charge in [0.05, 0.1) is 11.3 Å². The predicted octanol–water partition coefficient (Wildman–Crippen LogP) is 4.04. The van der Waals surface area contributed by atoms with Crippen LogP contribution in [0.2, 0.25) is 0 Å². The lowest BCUT2D eigenvalue weighted by Crippen LogP contribution is -2.13. The Morgan fingerprint density at radius 1 is 1.14 bits per heavy atom. The van der Waals surface area contributed by atoms with Gasteiger partial charge in [-0.25, -0.2) is 9.97 Å². The number of carbonyl (C=O) groups is 2. The fourth-order valence-corrected chi connectivity index (χ4v) is 4.17. The summed E-state index contributed by atoms with van der Waals surface area (Å²) in [4.78, 5) is 36.6. The largest absolute Gasteiger partial charge is 0.364 e. The van der Waals surface area contributed by atoms with E-state index >= 15 is 0 Å². The minimum Gasteiger partial charge on any atom is -0.364 e. The first kappa shape index (κ1) is 18.9. The van der Waals surface area contributed by atoms with Crippen molar-refractivity contribution >= 4 is 40.0 Å². The van der Waals surface area contributed by atoms with Gasteiger partial charge in [0.15, 0.2) is 5.13 Å². The lowest BCUT2D eigenvalue weighted by molar-refractivity contribution is 0.0993. The molecular formula is C20H15N5O2S2. The zero-order chi connectivity index (χ0) is 20.2. The van der Waals surface area contributed by atoms with E-state index in [-0.39, 0.29) is 5.91 Å². The molecule has 2 amide bonds. The SMILES string of the molecule is NC(=O)c1cc(-c2csc(NC(=O)c3cccnc3Sc3ccccc3)n2)c[nH]1. The van der Waals surface area contributed by atoms with Gasteiger partial charge in [0.1, 0.15) is 10.7 Å². The molecule has 7 nitrogen and oxygen atoms in total. The summed E-state index contributed by atoms with van der Waals surface area (Å²) in [6, 6.07) is 14.8. The molecule has 4 N–H and O–H groups in total. The summed E-state index contributed by atoms with van der Waals surface area (Å²) in [5.41, 5.74) is 7.39. The molecule has 4 aromatic rings. The molecule has 3 aromatic heterocycles. The van der Waals surface area contributed by atoms with Crippen molar-refractivity contribution in [1.29, 1.82) is 0 Å². The molecule has 0 aliphatic heterocycles. The van der Waals surface area contributed by atoms with Crippen LogP contribution in [0.5, 0.6) is 0 Å². The van der Waals surface area contributed by atoms with Crippen LogP contribution in [0.4, 0.5) is 5.13 Å². The van der Waals surface area contributed by atoms with Gasteiger partial charge in [-0.2, -0.15) is 0 Å². The van der Waals surface area contributed by atoms with Crippen LogP contribution in [0.15, 0.2) is 76.2 Å². The van der Waals surface area contributed by atoms with Crippen LogP contribution >= 0.6 is 23.1 Å². The highest BCUT2D eigenvalue weighted by Crippen LogP contribution is 2.30. The van der Waals surface area contributed by atoms with Gasteiger partial charge in [0.25, 0.3) is 11.8 Å². The maximum absolute atomic E-state index is 12.8. The third-order valence-corrected chi connectivity index (χ3v) is 5.73. The molecule has 0 aliphatic rings. The highest BCUT2D eigenvalue weighted by atomic mass is 32.2. The number of benzene rings is 1. The normalized spacial score (nSPS) is 10.6. The first-order chi connectivity index (χ1) is 14.1. The Kier molecular flexibility index (Phi) is 5.41. The Morgan fingerprint density at radius 3 is 2.72 bits per heavy atom. The second-order valence-corrected chi connectivity index (χ2v) is 7.85. The third-order valence-electron chi connectivity index (χ3n) is 3.94. The molecule has 0 atom stereocenters. The number of amides is 2. The van der Waals surface area contributed by atoms with Crippen molar-refractivity contribution in [3.05, 3.63) is 77.6 Å². The summed E-state index contributed by atoms with van der Waals surface area (Å²) in [7, 11) is 0. The molecule has 1 aromatic carbocycles. The second-order valence-electron chi connectivity index (χ2n) is 5.93. The Labute approximate surface area is 174 Å². The van der Waals surface area contributed by atoms with Gasteiger partial charge < -0.3 is 10.7 Å². The molecule has 4 rings (SSSR count). The topological polar surface area (TPSA) is 114 Å². The lowest BCUT2D eigenvalue weighted by atomic mass is 10.2. The first-order valence-corrected chi connectivity index (χ1v) is 10.2. The van der Waals surface area contributed by atoms with Gasteiger partial charge in [-0.05, 0) is 30.3 Å². The molecule has 9 heteroatoms. The number of hydrogen-bond donors (Lipinski definition) is 3. The van der Waals surface area contributed by atoms with E-state index in [4.69, 9.17) is 5.73 Å². The fourth-order valence-electron chi connectivity index (χ4n) is 2.56. The zero-order valence-corrected chi connectivity index (χ0v) is 16.6. The summed E-state index contributed by atoms with van der Waals surface area (Å²) in [5.74, 6) is -0.829. The van der Waals surface area contributed by atoms with Crippen LogP contribution < -0.4 is 11.1 Å². The number of thiazole rings is 1. The number of anilines is 1. The molecule has 0 bridgehead atoms. The number of primary amides is 1. The number of rotatable bonds is 6. The van der Waals surface area contributed by atoms with Gasteiger partial charge in [0.2, 0.25) is 0 Å². The molecule has 29 heavy (non-hydrogen) atoms. The molecule has 0 aliphatic carbocycles. The number of hydrogen-bond acceptors (Lipinski definition) is 6. The summed E-state index contributed by atoms with van der Waals surface area (Å²) >= 11 is 2.72. The van der Waals surface area contributed by atoms with Crippen molar-refractivity contribution in [3.8, 4) is 11.3 Å². The van der Waals surface area contributed by atoms with Crippen LogP contribution in [-0.2, 0) is 0 Å². The molecule has 0 radical (unpaired) electrons. The monoisotopic (exact) mass is 421 g/mol. The maximum atomic E-state index is 12.8. The van der Waals surface area contributed by atoms with Crippen molar-refractivity contribution in [2.45, 2.75) is 9.92 Å². The summed E-state index contributed by atoms with van der Waals surface area (Å²) in [6.45, 7) is 0. The van der Waals surface area contributed by atoms with E-state index < -0.39 is 5.91 Å². The third kappa shape index (κ3) is 4.36. The van der Waals surface area contributed by atoms with Crippen LogP contribution in [0.25, 0.3) is 11.3 Å². The Morgan fingerprint density at radius 2 is 1.97 bits per heavy atom. The van der Waals surface area contributed by atoms with Gasteiger partial charge in [-0.1, -0.05) is 30.0 Å². The lowest BCUT2D eigenvalue weighted by Gasteiger charge is -2.07. The molecule has 0 saturated heterocycles. The van der Waals surface area contributed by atoms with Crippen molar-refractivity contribution in [1.82, 2.24) is 15.0 Å². The van der Waals surface area contributed by atoms with Crippen LogP contribution in [-0.4, -0.2) is 26.8 Å². The Balaban J connectivity index is 1.52. The molecule has 0 spiro atoms. The zero-order valence-electron chi connectivity index (χ0n) is 15.0. The van der Waals surface area contributed by atoms with E-state index in [9.17, 15) is 9.59 Å². The average molecular weight is 422 g/mol. The van der Waals surface area contributed by atoms with Crippen molar-refractivity contribution in [3.63, 3.8) is 0 Å². The van der Waals surface area contributed by atoms with Crippen LogP contribution in [0.1, 0.15) is 20.8 Å². The highest BCUT2D eigenvalue weighted by molar-refractivity contribution is 7.99. The Bertz CT molecular complexity index is 1170. The first-order valence-electron chi connectivity index (χ1n) is 8.53. The smallest absolute Gasteiger partial charge is 0.265 e. The van der Waals surface area contributed by atoms with Crippen LogP contribution in [0, 0.1) is 0 Å². The number of aromatic amines is 1. The summed E-state index contributed by atoms with van der Waals surface area (Å²) < 4.78 is 0. The van der Waals surface area contributed by atoms with E-state index in [2.05, 4.69) is 20.3 Å². The number of nitrogens with two attached hydrogens (primary N) is 1. The molecular weight excluding hydrogens is 406 g/mol. The quantitative estimate of drug-likeness (QED) is 0.435. The van der Waals surface area contributed by atoms with Crippen molar-refractivity contribution in [2.75, 3.05) is 5.32 Å². The number of carbonyl (C=O) groups excluding carboxylic acids is 2. The van der Waals surface area contributed by atoms with E-state index in [0.717, 1.165) is 10.5 Å². The van der Waals surface area contributed by atoms with Crippen molar-refractivity contribution in [2.24, 2.45) is 5.73 Å². The number of nitrogens with zero attached hydrogens (tertiary/aromatic N) is 2. The number of H-pyrrole nitrogens is 1. The Hall–Kier alpha value is -3.43. The minimum absolute atomic E-state index is 0.288.